The summed E-state index contributed by atoms with van der Waals surface area (Å²) in [5, 5.41) is 0. The van der Waals surface area contributed by atoms with E-state index in [2.05, 4.69) is 10.9 Å². The Morgan fingerprint density at radius 1 is 1.38 bits per heavy atom. The lowest BCUT2D eigenvalue weighted by Crippen LogP contribution is -2.32. The normalized spacial score (nSPS) is 13.1. The number of hydrogen-bond acceptors (Lipinski definition) is 4. The number of fused-ring (bicyclic) bond motifs is 1. The second kappa shape index (κ2) is 4.67. The molecule has 0 saturated carbocycles. The van der Waals surface area contributed by atoms with Crippen LogP contribution in [0.3, 0.4) is 0 Å². The van der Waals surface area contributed by atoms with Gasteiger partial charge in [0.2, 0.25) is 6.79 Å². The lowest BCUT2D eigenvalue weighted by atomic mass is 10.2. The third-order valence-electron chi connectivity index (χ3n) is 2.07. The largest absolute Gasteiger partial charge is 0.454 e. The number of benzene rings is 1. The van der Waals surface area contributed by atoms with Crippen LogP contribution in [0.1, 0.15) is 5.56 Å². The molecule has 0 spiro atoms. The number of carbonyl (C=O) groups is 1. The first-order valence-corrected chi connectivity index (χ1v) is 4.84. The van der Waals surface area contributed by atoms with Crippen molar-refractivity contribution in [3.05, 3.63) is 29.8 Å². The second-order valence-corrected chi connectivity index (χ2v) is 3.19. The van der Waals surface area contributed by atoms with Gasteiger partial charge in [0.1, 0.15) is 0 Å². The molecule has 0 radical (unpaired) electrons. The highest BCUT2D eigenvalue weighted by atomic mass is 16.7. The van der Waals surface area contributed by atoms with Crippen LogP contribution in [-0.2, 0) is 4.79 Å². The van der Waals surface area contributed by atoms with Gasteiger partial charge in [0, 0.05) is 13.1 Å². The quantitative estimate of drug-likeness (QED) is 0.581. The molecule has 0 atom stereocenters. The van der Waals surface area contributed by atoms with Gasteiger partial charge in [-0.15, -0.1) is 0 Å². The molecule has 1 heterocycles. The number of amides is 1. The van der Waals surface area contributed by atoms with Crippen LogP contribution in [-0.4, -0.2) is 19.7 Å². The third-order valence-corrected chi connectivity index (χ3v) is 2.07. The highest BCUT2D eigenvalue weighted by molar-refractivity contribution is 5.91. The van der Waals surface area contributed by atoms with Crippen LogP contribution < -0.4 is 20.3 Å². The molecular formula is C11H12N2O3. The van der Waals surface area contributed by atoms with Crippen LogP contribution in [0.25, 0.3) is 6.08 Å². The van der Waals surface area contributed by atoms with Crippen molar-refractivity contribution < 1.29 is 14.3 Å². The van der Waals surface area contributed by atoms with Gasteiger partial charge in [0.05, 0.1) is 0 Å². The van der Waals surface area contributed by atoms with Gasteiger partial charge in [-0.2, -0.15) is 0 Å². The Morgan fingerprint density at radius 2 is 2.19 bits per heavy atom. The molecule has 16 heavy (non-hydrogen) atoms. The Labute approximate surface area is 93.0 Å². The van der Waals surface area contributed by atoms with Crippen molar-refractivity contribution >= 4 is 12.0 Å². The zero-order valence-corrected chi connectivity index (χ0v) is 8.82. The van der Waals surface area contributed by atoms with Crippen molar-refractivity contribution in [2.24, 2.45) is 0 Å². The highest BCUT2D eigenvalue weighted by Crippen LogP contribution is 2.32. The fourth-order valence-corrected chi connectivity index (χ4v) is 1.35. The first-order valence-electron chi connectivity index (χ1n) is 4.84. The average molecular weight is 220 g/mol. The molecule has 1 aliphatic rings. The molecule has 1 amide bonds. The number of carbonyl (C=O) groups excluding carboxylic acids is 1. The van der Waals surface area contributed by atoms with Gasteiger partial charge in [0.25, 0.3) is 5.91 Å². The van der Waals surface area contributed by atoms with Gasteiger partial charge in [-0.05, 0) is 23.8 Å². The van der Waals surface area contributed by atoms with E-state index in [1.54, 1.807) is 13.1 Å². The van der Waals surface area contributed by atoms with Crippen LogP contribution >= 0.6 is 0 Å². The smallest absolute Gasteiger partial charge is 0.258 e. The minimum atomic E-state index is -0.208. The topological polar surface area (TPSA) is 59.6 Å². The number of rotatable bonds is 3. The lowest BCUT2D eigenvalue weighted by molar-refractivity contribution is -0.117. The van der Waals surface area contributed by atoms with Crippen molar-refractivity contribution in [2.75, 3.05) is 13.8 Å². The molecule has 5 nitrogen and oxygen atoms in total. The van der Waals surface area contributed by atoms with E-state index < -0.39 is 0 Å². The molecule has 84 valence electrons. The molecule has 1 aliphatic heterocycles. The standard InChI is InChI=1S/C11H12N2O3/c1-12-13-11(14)5-3-8-2-4-9-10(6-8)16-7-15-9/h2-6,12H,7H2,1H3,(H,13,14)/b5-3+. The molecule has 0 bridgehead atoms. The number of nitrogens with one attached hydrogen (secondary N) is 2. The summed E-state index contributed by atoms with van der Waals surface area (Å²) in [5.41, 5.74) is 5.87. The second-order valence-electron chi connectivity index (χ2n) is 3.19. The summed E-state index contributed by atoms with van der Waals surface area (Å²) in [4.78, 5) is 11.1. The maximum Gasteiger partial charge on any atom is 0.258 e. The number of ether oxygens (including phenoxy) is 2. The van der Waals surface area contributed by atoms with Crippen molar-refractivity contribution in [1.82, 2.24) is 10.9 Å². The van der Waals surface area contributed by atoms with E-state index in [4.69, 9.17) is 9.47 Å². The van der Waals surface area contributed by atoms with Gasteiger partial charge in [-0.1, -0.05) is 6.07 Å². The van der Waals surface area contributed by atoms with Crippen LogP contribution in [0.5, 0.6) is 11.5 Å². The Morgan fingerprint density at radius 3 is 3.00 bits per heavy atom. The predicted molar refractivity (Wildman–Crippen MR) is 58.8 cm³/mol. The first-order chi connectivity index (χ1) is 7.79. The minimum Gasteiger partial charge on any atom is -0.454 e. The molecule has 0 saturated heterocycles. The maximum absolute atomic E-state index is 11.1. The lowest BCUT2D eigenvalue weighted by Gasteiger charge is -1.98. The third kappa shape index (κ3) is 2.32. The van der Waals surface area contributed by atoms with Crippen molar-refractivity contribution in [3.8, 4) is 11.5 Å². The monoisotopic (exact) mass is 220 g/mol. The molecule has 1 aromatic carbocycles. The summed E-state index contributed by atoms with van der Waals surface area (Å²) in [6.45, 7) is 0.253. The van der Waals surface area contributed by atoms with E-state index in [9.17, 15) is 4.79 Å². The van der Waals surface area contributed by atoms with Gasteiger partial charge < -0.3 is 9.47 Å². The van der Waals surface area contributed by atoms with E-state index in [1.807, 2.05) is 18.2 Å². The van der Waals surface area contributed by atoms with Crippen LogP contribution in [0.15, 0.2) is 24.3 Å². The highest BCUT2D eigenvalue weighted by Gasteiger charge is 2.12. The summed E-state index contributed by atoms with van der Waals surface area (Å²) in [7, 11) is 1.63. The molecule has 2 rings (SSSR count). The Kier molecular flexibility index (Phi) is 3.07. The Bertz CT molecular complexity index is 429. The summed E-state index contributed by atoms with van der Waals surface area (Å²) in [6.07, 6.45) is 3.14. The van der Waals surface area contributed by atoms with Crippen LogP contribution in [0, 0.1) is 0 Å². The SMILES string of the molecule is CNNC(=O)/C=C/c1ccc2c(c1)OCO2. The van der Waals surface area contributed by atoms with Crippen molar-refractivity contribution in [1.29, 1.82) is 0 Å². The first kappa shape index (κ1) is 10.5. The van der Waals surface area contributed by atoms with Crippen molar-refractivity contribution in [2.45, 2.75) is 0 Å². The van der Waals surface area contributed by atoms with E-state index in [1.165, 1.54) is 6.08 Å². The summed E-state index contributed by atoms with van der Waals surface area (Å²) in [6, 6.07) is 5.50. The molecule has 0 aromatic heterocycles. The van der Waals surface area contributed by atoms with Gasteiger partial charge >= 0.3 is 0 Å². The van der Waals surface area contributed by atoms with E-state index in [0.29, 0.717) is 5.75 Å². The average Bonchev–Trinajstić information content (AvgIpc) is 2.74. The number of hydrazine groups is 1. The summed E-state index contributed by atoms with van der Waals surface area (Å²) in [5.74, 6) is 1.23. The number of hydrogen-bond donors (Lipinski definition) is 2. The van der Waals surface area contributed by atoms with E-state index >= 15 is 0 Å². The van der Waals surface area contributed by atoms with E-state index in [0.717, 1.165) is 11.3 Å². The fraction of sp³-hybridized carbons (Fsp3) is 0.182. The maximum atomic E-state index is 11.1. The molecule has 5 heteroatoms. The van der Waals surface area contributed by atoms with Gasteiger partial charge in [-0.25, -0.2) is 5.43 Å². The molecule has 0 fully saturated rings. The van der Waals surface area contributed by atoms with Crippen LogP contribution in [0.4, 0.5) is 0 Å². The molecule has 0 unspecified atom stereocenters. The van der Waals surface area contributed by atoms with E-state index in [-0.39, 0.29) is 12.7 Å². The predicted octanol–water partition coefficient (Wildman–Crippen LogP) is 0.679. The van der Waals surface area contributed by atoms with Crippen molar-refractivity contribution in [3.63, 3.8) is 0 Å². The zero-order valence-electron chi connectivity index (χ0n) is 8.82. The van der Waals surface area contributed by atoms with Gasteiger partial charge in [0.15, 0.2) is 11.5 Å². The minimum absolute atomic E-state index is 0.208. The molecular weight excluding hydrogens is 208 g/mol. The summed E-state index contributed by atoms with van der Waals surface area (Å²) < 4.78 is 10.4. The molecule has 1 aromatic rings. The fourth-order valence-electron chi connectivity index (χ4n) is 1.35. The zero-order chi connectivity index (χ0) is 11.4. The molecule has 2 N–H and O–H groups in total. The summed E-state index contributed by atoms with van der Waals surface area (Å²) >= 11 is 0. The van der Waals surface area contributed by atoms with Gasteiger partial charge in [-0.3, -0.25) is 10.2 Å². The Hall–Kier alpha value is -2.01. The van der Waals surface area contributed by atoms with Crippen LogP contribution in [0.2, 0.25) is 0 Å². The Balaban J connectivity index is 2.08. The molecule has 0 aliphatic carbocycles.